The fourth-order valence-corrected chi connectivity index (χ4v) is 2.96. The second-order valence-corrected chi connectivity index (χ2v) is 5.95. The second-order valence-electron chi connectivity index (χ2n) is 5.95. The summed E-state index contributed by atoms with van der Waals surface area (Å²) in [4.78, 5) is 15.5. The lowest BCUT2D eigenvalue weighted by atomic mass is 10.1. The molecule has 2 aromatic heterocycles. The van der Waals surface area contributed by atoms with Gasteiger partial charge in [-0.05, 0) is 37.9 Å². The molecule has 1 N–H and O–H groups in total. The highest BCUT2D eigenvalue weighted by Crippen LogP contribution is 2.21. The smallest absolute Gasteiger partial charge is 0.236 e. The molecule has 6 nitrogen and oxygen atoms in total. The molecule has 0 aromatic carbocycles. The Morgan fingerprint density at radius 1 is 1.30 bits per heavy atom. The van der Waals surface area contributed by atoms with Crippen molar-refractivity contribution in [3.63, 3.8) is 0 Å². The SMILES string of the molecule is COc1nccnc1CN1CCC(CNc2cccc(C)n2)C1. The van der Waals surface area contributed by atoms with Gasteiger partial charge in [0.1, 0.15) is 11.5 Å². The van der Waals surface area contributed by atoms with Gasteiger partial charge in [0.15, 0.2) is 0 Å². The summed E-state index contributed by atoms with van der Waals surface area (Å²) < 4.78 is 5.28. The van der Waals surface area contributed by atoms with Crippen LogP contribution >= 0.6 is 0 Å². The molecule has 6 heteroatoms. The molecule has 1 fully saturated rings. The zero-order valence-corrected chi connectivity index (χ0v) is 13.7. The molecule has 0 bridgehead atoms. The number of pyridine rings is 1. The first-order valence-electron chi connectivity index (χ1n) is 7.98. The minimum Gasteiger partial charge on any atom is -0.480 e. The van der Waals surface area contributed by atoms with E-state index in [0.717, 1.165) is 43.4 Å². The van der Waals surface area contributed by atoms with E-state index in [1.807, 2.05) is 25.1 Å². The Bertz CT molecular complexity index is 648. The molecule has 3 rings (SSSR count). The summed E-state index contributed by atoms with van der Waals surface area (Å²) >= 11 is 0. The Labute approximate surface area is 136 Å². The van der Waals surface area contributed by atoms with E-state index in [4.69, 9.17) is 4.74 Å². The van der Waals surface area contributed by atoms with Crippen molar-refractivity contribution in [3.8, 4) is 5.88 Å². The first-order chi connectivity index (χ1) is 11.2. The van der Waals surface area contributed by atoms with Crippen LogP contribution in [0.25, 0.3) is 0 Å². The third kappa shape index (κ3) is 4.16. The Morgan fingerprint density at radius 2 is 2.17 bits per heavy atom. The predicted octanol–water partition coefficient (Wildman–Crippen LogP) is 2.12. The van der Waals surface area contributed by atoms with Gasteiger partial charge in [0.2, 0.25) is 5.88 Å². The molecule has 1 saturated heterocycles. The van der Waals surface area contributed by atoms with E-state index < -0.39 is 0 Å². The van der Waals surface area contributed by atoms with Crippen LogP contribution in [0.15, 0.2) is 30.6 Å². The molecule has 0 spiro atoms. The van der Waals surface area contributed by atoms with Crippen LogP contribution in [0.2, 0.25) is 0 Å². The van der Waals surface area contributed by atoms with Crippen LogP contribution in [0, 0.1) is 12.8 Å². The summed E-state index contributed by atoms with van der Waals surface area (Å²) in [7, 11) is 1.64. The summed E-state index contributed by atoms with van der Waals surface area (Å²) in [5.74, 6) is 2.21. The topological polar surface area (TPSA) is 63.2 Å². The molecule has 122 valence electrons. The summed E-state index contributed by atoms with van der Waals surface area (Å²) in [6.07, 6.45) is 4.56. The molecular formula is C17H23N5O. The number of likely N-dealkylation sites (tertiary alicyclic amines) is 1. The lowest BCUT2D eigenvalue weighted by Gasteiger charge is -2.17. The van der Waals surface area contributed by atoms with Crippen molar-refractivity contribution in [2.24, 2.45) is 5.92 Å². The normalized spacial score (nSPS) is 18.1. The van der Waals surface area contributed by atoms with Gasteiger partial charge in [-0.25, -0.2) is 9.97 Å². The summed E-state index contributed by atoms with van der Waals surface area (Å²) in [5.41, 5.74) is 1.95. The fraction of sp³-hybridized carbons (Fsp3) is 0.471. The number of aromatic nitrogens is 3. The number of anilines is 1. The number of hydrogen-bond donors (Lipinski definition) is 1. The van der Waals surface area contributed by atoms with E-state index in [0.29, 0.717) is 11.8 Å². The molecular weight excluding hydrogens is 290 g/mol. The molecule has 1 unspecified atom stereocenters. The Balaban J connectivity index is 1.50. The van der Waals surface area contributed by atoms with Crippen molar-refractivity contribution in [3.05, 3.63) is 42.0 Å². The van der Waals surface area contributed by atoms with Gasteiger partial charge in [-0.3, -0.25) is 9.88 Å². The number of hydrogen-bond acceptors (Lipinski definition) is 6. The van der Waals surface area contributed by atoms with Crippen LogP contribution in [-0.4, -0.2) is 46.6 Å². The van der Waals surface area contributed by atoms with Gasteiger partial charge in [0, 0.05) is 37.7 Å². The predicted molar refractivity (Wildman–Crippen MR) is 89.4 cm³/mol. The molecule has 0 aliphatic carbocycles. The zero-order valence-electron chi connectivity index (χ0n) is 13.7. The van der Waals surface area contributed by atoms with E-state index in [1.54, 1.807) is 19.5 Å². The minimum atomic E-state index is 0.623. The number of nitrogens with zero attached hydrogens (tertiary/aromatic N) is 4. The average molecular weight is 313 g/mol. The molecule has 3 heterocycles. The Hall–Kier alpha value is -2.21. The van der Waals surface area contributed by atoms with Crippen molar-refractivity contribution in [1.82, 2.24) is 19.9 Å². The van der Waals surface area contributed by atoms with E-state index in [-0.39, 0.29) is 0 Å². The molecule has 1 aliphatic rings. The van der Waals surface area contributed by atoms with E-state index in [2.05, 4.69) is 25.2 Å². The van der Waals surface area contributed by atoms with E-state index in [9.17, 15) is 0 Å². The zero-order chi connectivity index (χ0) is 16.1. The first-order valence-corrected chi connectivity index (χ1v) is 7.98. The van der Waals surface area contributed by atoms with Crippen LogP contribution in [0.4, 0.5) is 5.82 Å². The average Bonchev–Trinajstić information content (AvgIpc) is 3.01. The second kappa shape index (κ2) is 7.37. The Kier molecular flexibility index (Phi) is 5.02. The van der Waals surface area contributed by atoms with Crippen molar-refractivity contribution in [2.45, 2.75) is 19.9 Å². The number of ether oxygens (including phenoxy) is 1. The van der Waals surface area contributed by atoms with Gasteiger partial charge in [0.25, 0.3) is 0 Å². The molecule has 0 radical (unpaired) electrons. The number of aryl methyl sites for hydroxylation is 1. The maximum Gasteiger partial charge on any atom is 0.236 e. The van der Waals surface area contributed by atoms with E-state index in [1.165, 1.54) is 6.42 Å². The fourth-order valence-electron chi connectivity index (χ4n) is 2.96. The van der Waals surface area contributed by atoms with Crippen LogP contribution in [-0.2, 0) is 6.54 Å². The molecule has 2 aromatic rings. The number of methoxy groups -OCH3 is 1. The van der Waals surface area contributed by atoms with Gasteiger partial charge in [-0.2, -0.15) is 0 Å². The highest BCUT2D eigenvalue weighted by atomic mass is 16.5. The quantitative estimate of drug-likeness (QED) is 0.881. The minimum absolute atomic E-state index is 0.623. The van der Waals surface area contributed by atoms with E-state index >= 15 is 0 Å². The van der Waals surface area contributed by atoms with Crippen molar-refractivity contribution in [1.29, 1.82) is 0 Å². The lowest BCUT2D eigenvalue weighted by molar-refractivity contribution is 0.302. The van der Waals surface area contributed by atoms with Crippen LogP contribution < -0.4 is 10.1 Å². The first kappa shape index (κ1) is 15.7. The van der Waals surface area contributed by atoms with Crippen LogP contribution in [0.1, 0.15) is 17.8 Å². The highest BCUT2D eigenvalue weighted by molar-refractivity contribution is 5.35. The monoisotopic (exact) mass is 313 g/mol. The van der Waals surface area contributed by atoms with Crippen LogP contribution in [0.5, 0.6) is 5.88 Å². The molecule has 1 atom stereocenters. The van der Waals surface area contributed by atoms with Gasteiger partial charge < -0.3 is 10.1 Å². The Morgan fingerprint density at radius 3 is 3.00 bits per heavy atom. The van der Waals surface area contributed by atoms with Gasteiger partial charge >= 0.3 is 0 Å². The lowest BCUT2D eigenvalue weighted by Crippen LogP contribution is -2.23. The molecule has 0 saturated carbocycles. The highest BCUT2D eigenvalue weighted by Gasteiger charge is 2.23. The van der Waals surface area contributed by atoms with Crippen molar-refractivity contribution < 1.29 is 4.74 Å². The maximum atomic E-state index is 5.28. The third-order valence-electron chi connectivity index (χ3n) is 4.13. The molecule has 23 heavy (non-hydrogen) atoms. The third-order valence-corrected chi connectivity index (χ3v) is 4.13. The summed E-state index contributed by atoms with van der Waals surface area (Å²) in [6.45, 7) is 5.88. The van der Waals surface area contributed by atoms with Gasteiger partial charge in [-0.1, -0.05) is 6.07 Å². The standard InChI is InChI=1S/C17H23N5O/c1-13-4-3-5-16(21-13)20-10-14-6-9-22(11-14)12-15-17(23-2)19-8-7-18-15/h3-5,7-8,14H,6,9-12H2,1-2H3,(H,20,21). The number of rotatable bonds is 6. The van der Waals surface area contributed by atoms with Gasteiger partial charge in [-0.15, -0.1) is 0 Å². The van der Waals surface area contributed by atoms with Crippen molar-refractivity contribution in [2.75, 3.05) is 32.1 Å². The number of nitrogens with one attached hydrogen (secondary N) is 1. The maximum absolute atomic E-state index is 5.28. The van der Waals surface area contributed by atoms with Crippen LogP contribution in [0.3, 0.4) is 0 Å². The van der Waals surface area contributed by atoms with Crippen molar-refractivity contribution >= 4 is 5.82 Å². The largest absolute Gasteiger partial charge is 0.480 e. The van der Waals surface area contributed by atoms with Gasteiger partial charge in [0.05, 0.1) is 7.11 Å². The summed E-state index contributed by atoms with van der Waals surface area (Å²) in [6, 6.07) is 6.06. The molecule has 1 aliphatic heterocycles. The summed E-state index contributed by atoms with van der Waals surface area (Å²) in [5, 5.41) is 3.44. The molecule has 0 amide bonds.